The molecule has 1 N–H and O–H groups in total. The van der Waals surface area contributed by atoms with Crippen molar-refractivity contribution < 1.29 is 14.3 Å². The first-order chi connectivity index (χ1) is 14.0. The van der Waals surface area contributed by atoms with Gasteiger partial charge in [-0.15, -0.1) is 0 Å². The third kappa shape index (κ3) is 7.63. The molecule has 1 aromatic carbocycles. The van der Waals surface area contributed by atoms with E-state index in [0.29, 0.717) is 25.7 Å². The Morgan fingerprint density at radius 2 is 1.93 bits per heavy atom. The van der Waals surface area contributed by atoms with E-state index in [1.54, 1.807) is 0 Å². The molecule has 1 aliphatic rings. The Labute approximate surface area is 177 Å². The minimum absolute atomic E-state index is 0.0860. The number of anilines is 1. The van der Waals surface area contributed by atoms with Crippen molar-refractivity contribution in [2.75, 3.05) is 31.6 Å². The topological polar surface area (TPSA) is 50.8 Å². The summed E-state index contributed by atoms with van der Waals surface area (Å²) in [4.78, 5) is 15.3. The Morgan fingerprint density at radius 1 is 1.17 bits per heavy atom. The fourth-order valence-electron chi connectivity index (χ4n) is 3.90. The van der Waals surface area contributed by atoms with Crippen molar-refractivity contribution in [1.29, 1.82) is 0 Å². The fourth-order valence-corrected chi connectivity index (χ4v) is 3.90. The molecule has 1 amide bonds. The molecule has 0 saturated carbocycles. The Bertz CT molecular complexity index is 605. The van der Waals surface area contributed by atoms with Crippen LogP contribution in [0.25, 0.3) is 0 Å². The zero-order chi connectivity index (χ0) is 21.1. The van der Waals surface area contributed by atoms with Crippen molar-refractivity contribution in [2.24, 2.45) is 0 Å². The van der Waals surface area contributed by atoms with E-state index in [1.165, 1.54) is 25.8 Å². The largest absolute Gasteiger partial charge is 0.494 e. The van der Waals surface area contributed by atoms with Gasteiger partial charge in [-0.25, -0.2) is 0 Å². The Hall–Kier alpha value is -1.59. The standard InChI is InChI=1S/C24H40N2O3/c1-5-15-24(4,29-18-6-2)23(27)25-21-11-13-22(14-12-21)28-19-9-17-26-16-8-7-10-20(26)3/h11-14,20H,5-10,15-19H2,1-4H3,(H,25,27)/t20-,24-/m0/s1. The normalized spacial score (nSPS) is 19.5. The van der Waals surface area contributed by atoms with Crippen molar-refractivity contribution in [2.45, 2.75) is 84.3 Å². The third-order valence-corrected chi connectivity index (χ3v) is 5.74. The summed E-state index contributed by atoms with van der Waals surface area (Å²) in [5.41, 5.74) is -0.0159. The first kappa shape index (κ1) is 23.7. The zero-order valence-corrected chi connectivity index (χ0v) is 18.8. The molecule has 1 aromatic rings. The van der Waals surface area contributed by atoms with Gasteiger partial charge >= 0.3 is 0 Å². The van der Waals surface area contributed by atoms with Crippen LogP contribution in [0, 0.1) is 0 Å². The molecular weight excluding hydrogens is 364 g/mol. The van der Waals surface area contributed by atoms with Crippen molar-refractivity contribution >= 4 is 11.6 Å². The second-order valence-electron chi connectivity index (χ2n) is 8.39. The number of carbonyl (C=O) groups is 1. The second kappa shape index (κ2) is 12.2. The average Bonchev–Trinajstić information content (AvgIpc) is 2.72. The summed E-state index contributed by atoms with van der Waals surface area (Å²) in [5, 5.41) is 2.99. The number of nitrogens with one attached hydrogen (secondary N) is 1. The van der Waals surface area contributed by atoms with E-state index >= 15 is 0 Å². The first-order valence-corrected chi connectivity index (χ1v) is 11.4. The van der Waals surface area contributed by atoms with E-state index in [2.05, 4.69) is 31.0 Å². The highest BCUT2D eigenvalue weighted by atomic mass is 16.5. The fraction of sp³-hybridized carbons (Fsp3) is 0.708. The number of likely N-dealkylation sites (tertiary alicyclic amines) is 1. The summed E-state index contributed by atoms with van der Waals surface area (Å²) in [5.74, 6) is 0.755. The summed E-state index contributed by atoms with van der Waals surface area (Å²) in [6, 6.07) is 8.33. The molecule has 29 heavy (non-hydrogen) atoms. The zero-order valence-electron chi connectivity index (χ0n) is 18.8. The molecule has 0 unspecified atom stereocenters. The van der Waals surface area contributed by atoms with Gasteiger partial charge in [0.2, 0.25) is 0 Å². The van der Waals surface area contributed by atoms with Crippen LogP contribution in [0.15, 0.2) is 24.3 Å². The van der Waals surface area contributed by atoms with E-state index in [1.807, 2.05) is 31.2 Å². The van der Waals surface area contributed by atoms with Gasteiger partial charge in [0.05, 0.1) is 6.61 Å². The summed E-state index contributed by atoms with van der Waals surface area (Å²) < 4.78 is 11.7. The lowest BCUT2D eigenvalue weighted by molar-refractivity contribution is -0.140. The minimum atomic E-state index is -0.786. The smallest absolute Gasteiger partial charge is 0.256 e. The molecule has 1 saturated heterocycles. The molecule has 1 aliphatic heterocycles. The van der Waals surface area contributed by atoms with E-state index in [9.17, 15) is 4.79 Å². The summed E-state index contributed by atoms with van der Waals surface area (Å²) in [7, 11) is 0. The maximum atomic E-state index is 12.7. The number of benzene rings is 1. The van der Waals surface area contributed by atoms with Crippen LogP contribution in [0.1, 0.15) is 72.6 Å². The summed E-state index contributed by atoms with van der Waals surface area (Å²) >= 11 is 0. The highest BCUT2D eigenvalue weighted by Crippen LogP contribution is 2.23. The van der Waals surface area contributed by atoms with Crippen molar-refractivity contribution in [3.8, 4) is 5.75 Å². The molecule has 0 spiro atoms. The molecule has 164 valence electrons. The van der Waals surface area contributed by atoms with Crippen LogP contribution in [-0.2, 0) is 9.53 Å². The van der Waals surface area contributed by atoms with Crippen LogP contribution in [0.3, 0.4) is 0 Å². The Balaban J connectivity index is 1.77. The molecule has 0 aliphatic carbocycles. The van der Waals surface area contributed by atoms with E-state index < -0.39 is 5.60 Å². The molecular formula is C24H40N2O3. The van der Waals surface area contributed by atoms with Crippen molar-refractivity contribution in [3.05, 3.63) is 24.3 Å². The highest BCUT2D eigenvalue weighted by molar-refractivity contribution is 5.97. The minimum Gasteiger partial charge on any atom is -0.494 e. The van der Waals surface area contributed by atoms with Gasteiger partial charge in [-0.1, -0.05) is 26.7 Å². The van der Waals surface area contributed by atoms with Gasteiger partial charge in [-0.2, -0.15) is 0 Å². The number of nitrogens with zero attached hydrogens (tertiary/aromatic N) is 1. The van der Waals surface area contributed by atoms with Gasteiger partial charge in [0, 0.05) is 24.9 Å². The van der Waals surface area contributed by atoms with Crippen LogP contribution in [-0.4, -0.2) is 48.8 Å². The maximum absolute atomic E-state index is 12.7. The second-order valence-corrected chi connectivity index (χ2v) is 8.39. The SMILES string of the molecule is CCCO[C@@](C)(CCC)C(=O)Nc1ccc(OCCCN2CCCC[C@@H]2C)cc1. The number of carbonyl (C=O) groups excluding carboxylic acids is 1. The number of ether oxygens (including phenoxy) is 2. The average molecular weight is 405 g/mol. The van der Waals surface area contributed by atoms with Crippen molar-refractivity contribution in [3.63, 3.8) is 0 Å². The number of amides is 1. The van der Waals surface area contributed by atoms with E-state index in [0.717, 1.165) is 37.2 Å². The lowest BCUT2D eigenvalue weighted by atomic mass is 9.99. The number of rotatable bonds is 12. The van der Waals surface area contributed by atoms with Crippen LogP contribution < -0.4 is 10.1 Å². The van der Waals surface area contributed by atoms with Crippen LogP contribution in [0.4, 0.5) is 5.69 Å². The maximum Gasteiger partial charge on any atom is 0.256 e. The molecule has 0 bridgehead atoms. The van der Waals surface area contributed by atoms with Gasteiger partial charge in [0.15, 0.2) is 0 Å². The Kier molecular flexibility index (Phi) is 9.95. The number of hydrogen-bond acceptors (Lipinski definition) is 4. The van der Waals surface area contributed by atoms with Crippen LogP contribution in [0.2, 0.25) is 0 Å². The molecule has 1 fully saturated rings. The molecule has 0 aromatic heterocycles. The third-order valence-electron chi connectivity index (χ3n) is 5.74. The monoisotopic (exact) mass is 404 g/mol. The molecule has 2 rings (SSSR count). The summed E-state index contributed by atoms with van der Waals surface area (Å²) in [6.45, 7) is 11.9. The molecule has 5 heteroatoms. The highest BCUT2D eigenvalue weighted by Gasteiger charge is 2.33. The van der Waals surface area contributed by atoms with Gasteiger partial charge in [0.25, 0.3) is 5.91 Å². The van der Waals surface area contributed by atoms with E-state index in [-0.39, 0.29) is 5.91 Å². The molecule has 2 atom stereocenters. The van der Waals surface area contributed by atoms with Gasteiger partial charge < -0.3 is 19.7 Å². The lowest BCUT2D eigenvalue weighted by Gasteiger charge is -2.33. The molecule has 5 nitrogen and oxygen atoms in total. The quantitative estimate of drug-likeness (QED) is 0.483. The number of piperidine rings is 1. The van der Waals surface area contributed by atoms with Crippen LogP contribution >= 0.6 is 0 Å². The number of hydrogen-bond donors (Lipinski definition) is 1. The summed E-state index contributed by atoms with van der Waals surface area (Å²) in [6.07, 6.45) is 7.53. The molecule has 1 heterocycles. The lowest BCUT2D eigenvalue weighted by Crippen LogP contribution is -2.43. The predicted octanol–water partition coefficient (Wildman–Crippen LogP) is 5.25. The van der Waals surface area contributed by atoms with Gasteiger partial charge in [0.1, 0.15) is 11.4 Å². The Morgan fingerprint density at radius 3 is 2.59 bits per heavy atom. The van der Waals surface area contributed by atoms with Gasteiger partial charge in [-0.3, -0.25) is 4.79 Å². The first-order valence-electron chi connectivity index (χ1n) is 11.4. The molecule has 0 radical (unpaired) electrons. The predicted molar refractivity (Wildman–Crippen MR) is 120 cm³/mol. The van der Waals surface area contributed by atoms with E-state index in [4.69, 9.17) is 9.47 Å². The van der Waals surface area contributed by atoms with Crippen molar-refractivity contribution in [1.82, 2.24) is 4.90 Å². The van der Waals surface area contributed by atoms with Gasteiger partial charge in [-0.05, 0) is 76.8 Å². The van der Waals surface area contributed by atoms with Crippen LogP contribution in [0.5, 0.6) is 5.75 Å².